The van der Waals surface area contributed by atoms with Crippen molar-refractivity contribution in [2.75, 3.05) is 11.9 Å². The third-order valence-electron chi connectivity index (χ3n) is 4.14. The van der Waals surface area contributed by atoms with Crippen LogP contribution in [0.2, 0.25) is 0 Å². The molecule has 0 bridgehead atoms. The summed E-state index contributed by atoms with van der Waals surface area (Å²) in [5.74, 6) is -0.362. The molecule has 28 heavy (non-hydrogen) atoms. The number of esters is 1. The van der Waals surface area contributed by atoms with Gasteiger partial charge in [-0.1, -0.05) is 30.3 Å². The van der Waals surface area contributed by atoms with Gasteiger partial charge in [-0.25, -0.2) is 9.78 Å². The van der Waals surface area contributed by atoms with E-state index in [9.17, 15) is 10.1 Å². The lowest BCUT2D eigenvalue weighted by atomic mass is 10.1. The van der Waals surface area contributed by atoms with Gasteiger partial charge in [0.15, 0.2) is 0 Å². The van der Waals surface area contributed by atoms with Crippen LogP contribution in [0.25, 0.3) is 16.8 Å². The van der Waals surface area contributed by atoms with Crippen LogP contribution in [0, 0.1) is 25.2 Å². The average molecular weight is 410 g/mol. The van der Waals surface area contributed by atoms with E-state index in [0.717, 1.165) is 21.7 Å². The Morgan fingerprint density at radius 3 is 2.75 bits per heavy atom. The van der Waals surface area contributed by atoms with Crippen molar-refractivity contribution < 1.29 is 9.53 Å². The van der Waals surface area contributed by atoms with Gasteiger partial charge in [0, 0.05) is 22.0 Å². The third-order valence-corrected chi connectivity index (χ3v) is 6.15. The molecule has 5 nitrogen and oxygen atoms in total. The number of thiazole rings is 1. The number of carbonyl (C=O) groups excluding carboxylic acids is 1. The number of aromatic nitrogens is 1. The normalized spacial score (nSPS) is 11.1. The number of rotatable bonds is 6. The molecular weight excluding hydrogens is 390 g/mol. The number of anilines is 1. The molecule has 0 saturated carbocycles. The van der Waals surface area contributed by atoms with Gasteiger partial charge in [0.05, 0.1) is 17.9 Å². The number of allylic oxidation sites excluding steroid dienone is 1. The van der Waals surface area contributed by atoms with Gasteiger partial charge in [-0.05, 0) is 26.3 Å². The van der Waals surface area contributed by atoms with Crippen LogP contribution in [0.15, 0.2) is 41.9 Å². The Morgan fingerprint density at radius 2 is 2.07 bits per heavy atom. The maximum atomic E-state index is 12.3. The molecule has 0 amide bonds. The molecule has 0 aliphatic heterocycles. The number of thiophene rings is 1. The molecule has 0 unspecified atom stereocenters. The maximum Gasteiger partial charge on any atom is 0.341 e. The smallest absolute Gasteiger partial charge is 0.341 e. The lowest BCUT2D eigenvalue weighted by molar-refractivity contribution is 0.0527. The van der Waals surface area contributed by atoms with Gasteiger partial charge in [0.2, 0.25) is 0 Å². The summed E-state index contributed by atoms with van der Waals surface area (Å²) in [7, 11) is 0. The lowest BCUT2D eigenvalue weighted by Gasteiger charge is -2.05. The van der Waals surface area contributed by atoms with E-state index in [1.54, 1.807) is 13.1 Å². The van der Waals surface area contributed by atoms with Gasteiger partial charge < -0.3 is 10.1 Å². The highest BCUT2D eigenvalue weighted by Gasteiger charge is 2.20. The largest absolute Gasteiger partial charge is 0.462 e. The summed E-state index contributed by atoms with van der Waals surface area (Å²) in [5.41, 5.74) is 3.65. The first-order valence-corrected chi connectivity index (χ1v) is 10.4. The summed E-state index contributed by atoms with van der Waals surface area (Å²) in [4.78, 5) is 17.9. The van der Waals surface area contributed by atoms with Gasteiger partial charge in [-0.3, -0.25) is 0 Å². The molecule has 0 aliphatic carbocycles. The van der Waals surface area contributed by atoms with Crippen molar-refractivity contribution in [3.63, 3.8) is 0 Å². The first kappa shape index (κ1) is 19.8. The van der Waals surface area contributed by atoms with Crippen LogP contribution in [-0.4, -0.2) is 17.6 Å². The van der Waals surface area contributed by atoms with Crippen molar-refractivity contribution in [3.8, 4) is 17.3 Å². The van der Waals surface area contributed by atoms with Crippen LogP contribution in [0.3, 0.4) is 0 Å². The molecule has 3 aromatic rings. The molecule has 1 aromatic carbocycles. The van der Waals surface area contributed by atoms with Crippen molar-refractivity contribution in [1.29, 1.82) is 5.26 Å². The van der Waals surface area contributed by atoms with Gasteiger partial charge in [0.25, 0.3) is 0 Å². The highest BCUT2D eigenvalue weighted by atomic mass is 32.1. The van der Waals surface area contributed by atoms with Crippen molar-refractivity contribution in [3.05, 3.63) is 62.9 Å². The topological polar surface area (TPSA) is 75.0 Å². The van der Waals surface area contributed by atoms with Gasteiger partial charge in [0.1, 0.15) is 21.7 Å². The number of nitrogens with zero attached hydrogens (tertiary/aromatic N) is 2. The van der Waals surface area contributed by atoms with Crippen LogP contribution in [0.4, 0.5) is 5.00 Å². The van der Waals surface area contributed by atoms with Crippen molar-refractivity contribution in [2.45, 2.75) is 20.8 Å². The van der Waals surface area contributed by atoms with Gasteiger partial charge >= 0.3 is 5.97 Å². The standard InChI is InChI=1S/C21H19N3O2S2/c1-4-26-21(25)18-13(2)14(3)28-20(18)23-11-16(10-22)19-24-17(12-27-19)15-8-6-5-7-9-15/h5-9,11-12,23H,4H2,1-3H3/b16-11-. The quantitative estimate of drug-likeness (QED) is 0.421. The van der Waals surface area contributed by atoms with E-state index in [-0.39, 0.29) is 5.97 Å². The van der Waals surface area contributed by atoms with Crippen molar-refractivity contribution in [1.82, 2.24) is 4.98 Å². The fraction of sp³-hybridized carbons (Fsp3) is 0.190. The van der Waals surface area contributed by atoms with Crippen LogP contribution in [0.1, 0.15) is 32.7 Å². The van der Waals surface area contributed by atoms with Gasteiger partial charge in [-0.15, -0.1) is 22.7 Å². The first-order valence-electron chi connectivity index (χ1n) is 8.70. The average Bonchev–Trinajstić information content (AvgIpc) is 3.29. The lowest BCUT2D eigenvalue weighted by Crippen LogP contribution is -2.07. The number of ether oxygens (including phenoxy) is 1. The van der Waals surface area contributed by atoms with Crippen LogP contribution in [-0.2, 0) is 4.74 Å². The Kier molecular flexibility index (Phi) is 6.24. The van der Waals surface area contributed by atoms with E-state index in [2.05, 4.69) is 16.4 Å². The molecule has 0 saturated heterocycles. The summed E-state index contributed by atoms with van der Waals surface area (Å²) in [6.07, 6.45) is 1.60. The maximum absolute atomic E-state index is 12.3. The summed E-state index contributed by atoms with van der Waals surface area (Å²) in [6, 6.07) is 12.0. The zero-order valence-corrected chi connectivity index (χ0v) is 17.4. The molecule has 142 valence electrons. The molecule has 0 fully saturated rings. The van der Waals surface area contributed by atoms with Crippen LogP contribution < -0.4 is 5.32 Å². The number of nitrogens with one attached hydrogen (secondary N) is 1. The fourth-order valence-electron chi connectivity index (χ4n) is 2.60. The molecule has 1 N–H and O–H groups in total. The molecule has 0 aliphatic rings. The first-order chi connectivity index (χ1) is 13.5. The summed E-state index contributed by atoms with van der Waals surface area (Å²) < 4.78 is 5.16. The van der Waals surface area contributed by atoms with E-state index >= 15 is 0 Å². The Balaban J connectivity index is 1.88. The second-order valence-electron chi connectivity index (χ2n) is 5.93. The summed E-state index contributed by atoms with van der Waals surface area (Å²) >= 11 is 2.87. The third kappa shape index (κ3) is 4.14. The Labute approximate surface area is 171 Å². The van der Waals surface area contributed by atoms with E-state index in [4.69, 9.17) is 4.74 Å². The minimum atomic E-state index is -0.362. The zero-order valence-electron chi connectivity index (χ0n) is 15.8. The minimum absolute atomic E-state index is 0.313. The molecule has 0 spiro atoms. The molecule has 7 heteroatoms. The van der Waals surface area contributed by atoms with Crippen molar-refractivity contribution >= 4 is 39.2 Å². The van der Waals surface area contributed by atoms with Crippen molar-refractivity contribution in [2.24, 2.45) is 0 Å². The number of nitriles is 1. The predicted molar refractivity (Wildman–Crippen MR) is 115 cm³/mol. The number of benzene rings is 1. The van der Waals surface area contributed by atoms with E-state index in [1.807, 2.05) is 49.6 Å². The van der Waals surface area contributed by atoms with E-state index < -0.39 is 0 Å². The fourth-order valence-corrected chi connectivity index (χ4v) is 4.41. The van der Waals surface area contributed by atoms with Crippen LogP contribution in [0.5, 0.6) is 0 Å². The predicted octanol–water partition coefficient (Wildman–Crippen LogP) is 5.64. The molecule has 0 atom stereocenters. The molecule has 2 heterocycles. The summed E-state index contributed by atoms with van der Waals surface area (Å²) in [6.45, 7) is 5.94. The number of aryl methyl sites for hydroxylation is 1. The van der Waals surface area contributed by atoms with Crippen LogP contribution >= 0.6 is 22.7 Å². The number of hydrogen-bond donors (Lipinski definition) is 1. The second kappa shape index (κ2) is 8.83. The molecular formula is C21H19N3O2S2. The van der Waals surface area contributed by atoms with E-state index in [1.165, 1.54) is 22.7 Å². The SMILES string of the molecule is CCOC(=O)c1c(N/C=C(/C#N)c2nc(-c3ccccc3)cs2)sc(C)c1C. The summed E-state index contributed by atoms with van der Waals surface area (Å²) in [5, 5.41) is 15.9. The zero-order chi connectivity index (χ0) is 20.1. The van der Waals surface area contributed by atoms with E-state index in [0.29, 0.717) is 27.8 Å². The highest BCUT2D eigenvalue weighted by Crippen LogP contribution is 2.34. The second-order valence-corrected chi connectivity index (χ2v) is 8.01. The van der Waals surface area contributed by atoms with Gasteiger partial charge in [-0.2, -0.15) is 5.26 Å². The Morgan fingerprint density at radius 1 is 1.32 bits per heavy atom. The monoisotopic (exact) mass is 409 g/mol. The molecule has 3 rings (SSSR count). The number of hydrogen-bond acceptors (Lipinski definition) is 7. The minimum Gasteiger partial charge on any atom is -0.462 e. The highest BCUT2D eigenvalue weighted by molar-refractivity contribution is 7.16. The molecule has 2 aromatic heterocycles. The Hall–Kier alpha value is -2.95. The molecule has 0 radical (unpaired) electrons. The Bertz CT molecular complexity index is 1060. The number of carbonyl (C=O) groups is 1.